The molecule has 1 aromatic heterocycles. The standard InChI is InChI=1S/C16H20ClNO2/c1-12(5-7-15-4-3-9-20-15)18-11-13-10-14(17)6-8-16(13)19-2/h3-4,6,8-10,12,18H,5,7,11H2,1-2H3. The van der Waals surface area contributed by atoms with Gasteiger partial charge in [0, 0.05) is 29.6 Å². The Labute approximate surface area is 124 Å². The Balaban J connectivity index is 1.83. The number of furan rings is 1. The zero-order chi connectivity index (χ0) is 14.4. The Kier molecular flexibility index (Phi) is 5.50. The molecule has 0 fully saturated rings. The normalized spacial score (nSPS) is 12.3. The zero-order valence-corrected chi connectivity index (χ0v) is 12.6. The maximum Gasteiger partial charge on any atom is 0.123 e. The van der Waals surface area contributed by atoms with Crippen LogP contribution in [0.25, 0.3) is 0 Å². The fourth-order valence-electron chi connectivity index (χ4n) is 2.09. The van der Waals surface area contributed by atoms with E-state index in [0.717, 1.165) is 41.5 Å². The maximum atomic E-state index is 6.02. The number of nitrogens with one attached hydrogen (secondary N) is 1. The van der Waals surface area contributed by atoms with Crippen molar-refractivity contribution in [2.45, 2.75) is 32.4 Å². The first kappa shape index (κ1) is 14.9. The first-order chi connectivity index (χ1) is 9.69. The molecule has 4 heteroatoms. The molecule has 20 heavy (non-hydrogen) atoms. The highest BCUT2D eigenvalue weighted by atomic mass is 35.5. The Morgan fingerprint density at radius 3 is 2.90 bits per heavy atom. The molecule has 3 nitrogen and oxygen atoms in total. The van der Waals surface area contributed by atoms with Gasteiger partial charge < -0.3 is 14.5 Å². The van der Waals surface area contributed by atoms with Crippen molar-refractivity contribution in [1.82, 2.24) is 5.32 Å². The third-order valence-electron chi connectivity index (χ3n) is 3.29. The SMILES string of the molecule is COc1ccc(Cl)cc1CNC(C)CCc1ccco1. The molecule has 1 heterocycles. The van der Waals surface area contributed by atoms with E-state index in [1.54, 1.807) is 13.4 Å². The summed E-state index contributed by atoms with van der Waals surface area (Å²) in [5, 5.41) is 4.21. The van der Waals surface area contributed by atoms with Crippen LogP contribution < -0.4 is 10.1 Å². The third kappa shape index (κ3) is 4.29. The number of benzene rings is 1. The van der Waals surface area contributed by atoms with Gasteiger partial charge >= 0.3 is 0 Å². The Morgan fingerprint density at radius 1 is 1.35 bits per heavy atom. The van der Waals surface area contributed by atoms with Crippen LogP contribution in [0.15, 0.2) is 41.0 Å². The van der Waals surface area contributed by atoms with Gasteiger partial charge in [-0.15, -0.1) is 0 Å². The molecule has 0 aliphatic heterocycles. The van der Waals surface area contributed by atoms with E-state index in [0.29, 0.717) is 6.04 Å². The minimum Gasteiger partial charge on any atom is -0.496 e. The second kappa shape index (κ2) is 7.36. The summed E-state index contributed by atoms with van der Waals surface area (Å²) in [6.07, 6.45) is 3.68. The predicted octanol–water partition coefficient (Wildman–Crippen LogP) is 4.05. The van der Waals surface area contributed by atoms with Crippen molar-refractivity contribution < 1.29 is 9.15 Å². The third-order valence-corrected chi connectivity index (χ3v) is 3.52. The molecular weight excluding hydrogens is 274 g/mol. The van der Waals surface area contributed by atoms with E-state index in [-0.39, 0.29) is 0 Å². The van der Waals surface area contributed by atoms with Crippen LogP contribution in [0.3, 0.4) is 0 Å². The van der Waals surface area contributed by atoms with Crippen molar-refractivity contribution in [3.63, 3.8) is 0 Å². The van der Waals surface area contributed by atoms with Gasteiger partial charge in [-0.3, -0.25) is 0 Å². The molecule has 1 N–H and O–H groups in total. The first-order valence-electron chi connectivity index (χ1n) is 6.77. The number of ether oxygens (including phenoxy) is 1. The van der Waals surface area contributed by atoms with E-state index >= 15 is 0 Å². The van der Waals surface area contributed by atoms with Gasteiger partial charge in [0.2, 0.25) is 0 Å². The Bertz CT molecular complexity index is 525. The van der Waals surface area contributed by atoms with Crippen molar-refractivity contribution >= 4 is 11.6 Å². The number of rotatable bonds is 7. The average Bonchev–Trinajstić information content (AvgIpc) is 2.96. The second-order valence-corrected chi connectivity index (χ2v) is 5.29. The van der Waals surface area contributed by atoms with Crippen LogP contribution in [0.5, 0.6) is 5.75 Å². The fourth-order valence-corrected chi connectivity index (χ4v) is 2.28. The van der Waals surface area contributed by atoms with Gasteiger partial charge in [-0.25, -0.2) is 0 Å². The summed E-state index contributed by atoms with van der Waals surface area (Å²) in [4.78, 5) is 0. The van der Waals surface area contributed by atoms with E-state index < -0.39 is 0 Å². The van der Waals surface area contributed by atoms with Crippen LogP contribution in [0, 0.1) is 0 Å². The lowest BCUT2D eigenvalue weighted by Gasteiger charge is -2.15. The first-order valence-corrected chi connectivity index (χ1v) is 7.15. The van der Waals surface area contributed by atoms with Crippen LogP contribution in [-0.4, -0.2) is 13.2 Å². The molecule has 0 spiro atoms. The molecule has 0 saturated heterocycles. The minimum absolute atomic E-state index is 0.392. The van der Waals surface area contributed by atoms with Crippen molar-refractivity contribution in [3.05, 3.63) is 52.9 Å². The lowest BCUT2D eigenvalue weighted by molar-refractivity contribution is 0.403. The second-order valence-electron chi connectivity index (χ2n) is 4.86. The molecule has 2 rings (SSSR count). The number of hydrogen-bond acceptors (Lipinski definition) is 3. The molecule has 1 aromatic carbocycles. The van der Waals surface area contributed by atoms with Crippen molar-refractivity contribution in [3.8, 4) is 5.75 Å². The van der Waals surface area contributed by atoms with E-state index in [1.165, 1.54) is 0 Å². The lowest BCUT2D eigenvalue weighted by atomic mass is 10.1. The molecule has 1 atom stereocenters. The Hall–Kier alpha value is -1.45. The van der Waals surface area contributed by atoms with E-state index in [9.17, 15) is 0 Å². The summed E-state index contributed by atoms with van der Waals surface area (Å²) in [7, 11) is 1.67. The molecule has 0 saturated carbocycles. The summed E-state index contributed by atoms with van der Waals surface area (Å²) in [6.45, 7) is 2.91. The van der Waals surface area contributed by atoms with Gasteiger partial charge in [0.25, 0.3) is 0 Å². The molecular formula is C16H20ClNO2. The van der Waals surface area contributed by atoms with Crippen molar-refractivity contribution in [2.75, 3.05) is 7.11 Å². The fraction of sp³-hybridized carbons (Fsp3) is 0.375. The lowest BCUT2D eigenvalue weighted by Crippen LogP contribution is -2.26. The summed E-state index contributed by atoms with van der Waals surface area (Å²) in [6, 6.07) is 9.99. The molecule has 0 aliphatic rings. The summed E-state index contributed by atoms with van der Waals surface area (Å²) in [5.41, 5.74) is 1.07. The minimum atomic E-state index is 0.392. The van der Waals surface area contributed by atoms with E-state index in [4.69, 9.17) is 20.8 Å². The highest BCUT2D eigenvalue weighted by molar-refractivity contribution is 6.30. The molecule has 0 amide bonds. The number of halogens is 1. The molecule has 1 unspecified atom stereocenters. The van der Waals surface area contributed by atoms with Crippen LogP contribution in [0.2, 0.25) is 5.02 Å². The van der Waals surface area contributed by atoms with E-state index in [2.05, 4.69) is 12.2 Å². The van der Waals surface area contributed by atoms with Gasteiger partial charge in [0.15, 0.2) is 0 Å². The topological polar surface area (TPSA) is 34.4 Å². The van der Waals surface area contributed by atoms with Crippen LogP contribution in [-0.2, 0) is 13.0 Å². The molecule has 0 radical (unpaired) electrons. The van der Waals surface area contributed by atoms with Gasteiger partial charge in [0.05, 0.1) is 13.4 Å². The highest BCUT2D eigenvalue weighted by Gasteiger charge is 2.07. The van der Waals surface area contributed by atoms with Gasteiger partial charge in [0.1, 0.15) is 11.5 Å². The van der Waals surface area contributed by atoms with Crippen LogP contribution in [0.4, 0.5) is 0 Å². The largest absolute Gasteiger partial charge is 0.496 e. The molecule has 108 valence electrons. The predicted molar refractivity (Wildman–Crippen MR) is 81.3 cm³/mol. The average molecular weight is 294 g/mol. The highest BCUT2D eigenvalue weighted by Crippen LogP contribution is 2.22. The van der Waals surface area contributed by atoms with Crippen molar-refractivity contribution in [1.29, 1.82) is 0 Å². The molecule has 0 aliphatic carbocycles. The number of hydrogen-bond donors (Lipinski definition) is 1. The summed E-state index contributed by atoms with van der Waals surface area (Å²) < 4.78 is 10.7. The molecule has 0 bridgehead atoms. The number of methoxy groups -OCH3 is 1. The quantitative estimate of drug-likeness (QED) is 0.836. The zero-order valence-electron chi connectivity index (χ0n) is 11.9. The van der Waals surface area contributed by atoms with Gasteiger partial charge in [-0.1, -0.05) is 11.6 Å². The summed E-state index contributed by atoms with van der Waals surface area (Å²) in [5.74, 6) is 1.89. The van der Waals surface area contributed by atoms with Crippen LogP contribution in [0.1, 0.15) is 24.7 Å². The van der Waals surface area contributed by atoms with Crippen molar-refractivity contribution in [2.24, 2.45) is 0 Å². The smallest absolute Gasteiger partial charge is 0.123 e. The van der Waals surface area contributed by atoms with Gasteiger partial charge in [-0.2, -0.15) is 0 Å². The molecule has 2 aromatic rings. The van der Waals surface area contributed by atoms with E-state index in [1.807, 2.05) is 30.3 Å². The summed E-state index contributed by atoms with van der Waals surface area (Å²) >= 11 is 6.02. The Morgan fingerprint density at radius 2 is 2.20 bits per heavy atom. The van der Waals surface area contributed by atoms with Gasteiger partial charge in [-0.05, 0) is 43.7 Å². The monoisotopic (exact) mass is 293 g/mol. The van der Waals surface area contributed by atoms with Crippen LogP contribution >= 0.6 is 11.6 Å². The maximum absolute atomic E-state index is 6.02. The number of aryl methyl sites for hydroxylation is 1.